The number of nitrogens with zero attached hydrogens (tertiary/aromatic N) is 1. The van der Waals surface area contributed by atoms with Gasteiger partial charge in [-0.1, -0.05) is 0 Å². The van der Waals surface area contributed by atoms with E-state index < -0.39 is 9.84 Å². The highest BCUT2D eigenvalue weighted by Crippen LogP contribution is 2.28. The molecule has 1 N–H and O–H groups in total. The first-order valence-corrected chi connectivity index (χ1v) is 7.96. The summed E-state index contributed by atoms with van der Waals surface area (Å²) >= 11 is 0. The highest BCUT2D eigenvalue weighted by molar-refractivity contribution is 7.91. The van der Waals surface area contributed by atoms with E-state index >= 15 is 0 Å². The van der Waals surface area contributed by atoms with Crippen molar-refractivity contribution in [3.63, 3.8) is 0 Å². The van der Waals surface area contributed by atoms with Gasteiger partial charge in [0, 0.05) is 19.6 Å². The van der Waals surface area contributed by atoms with Crippen LogP contribution in [0.15, 0.2) is 0 Å². The fourth-order valence-electron chi connectivity index (χ4n) is 2.54. The zero-order chi connectivity index (χ0) is 12.5. The smallest absolute Gasteiger partial charge is 0.229 e. The molecule has 0 aromatic rings. The van der Waals surface area contributed by atoms with Crippen LogP contribution in [0.3, 0.4) is 0 Å². The fraction of sp³-hybridized carbons (Fsp3) is 0.909. The van der Waals surface area contributed by atoms with Crippen molar-refractivity contribution in [2.75, 3.05) is 37.7 Å². The lowest BCUT2D eigenvalue weighted by atomic mass is 9.81. The minimum absolute atomic E-state index is 0.111. The third kappa shape index (κ3) is 2.80. The Labute approximate surface area is 102 Å². The van der Waals surface area contributed by atoms with Crippen LogP contribution in [0, 0.1) is 5.41 Å². The van der Waals surface area contributed by atoms with E-state index in [1.54, 1.807) is 4.90 Å². The van der Waals surface area contributed by atoms with Crippen LogP contribution in [0.25, 0.3) is 0 Å². The molecule has 2 rings (SSSR count). The predicted molar refractivity (Wildman–Crippen MR) is 65.4 cm³/mol. The standard InChI is InChI=1S/C11H20N2O3S/c1-11(3-2-4-12-9-11)10(14)13-5-7-17(15,16)8-6-13/h12H,2-9H2,1H3. The molecule has 0 aromatic heterocycles. The average Bonchev–Trinajstić information content (AvgIpc) is 2.29. The van der Waals surface area contributed by atoms with Gasteiger partial charge in [0.2, 0.25) is 5.91 Å². The lowest BCUT2D eigenvalue weighted by Crippen LogP contribution is -2.53. The molecule has 2 aliphatic heterocycles. The van der Waals surface area contributed by atoms with Gasteiger partial charge in [-0.15, -0.1) is 0 Å². The van der Waals surface area contributed by atoms with Gasteiger partial charge in [-0.25, -0.2) is 8.42 Å². The number of nitrogens with one attached hydrogen (secondary N) is 1. The number of rotatable bonds is 1. The van der Waals surface area contributed by atoms with E-state index in [-0.39, 0.29) is 22.8 Å². The van der Waals surface area contributed by atoms with E-state index in [0.717, 1.165) is 19.4 Å². The quantitative estimate of drug-likeness (QED) is 0.699. The molecule has 0 saturated carbocycles. The Bertz CT molecular complexity index is 385. The number of amides is 1. The van der Waals surface area contributed by atoms with Gasteiger partial charge < -0.3 is 10.2 Å². The van der Waals surface area contributed by atoms with Crippen molar-refractivity contribution in [2.45, 2.75) is 19.8 Å². The first-order chi connectivity index (χ1) is 7.93. The minimum Gasteiger partial charge on any atom is -0.340 e. The van der Waals surface area contributed by atoms with Gasteiger partial charge in [-0.05, 0) is 26.3 Å². The number of piperidine rings is 1. The molecule has 1 atom stereocenters. The number of carbonyl (C=O) groups excluding carboxylic acids is 1. The minimum atomic E-state index is -2.91. The predicted octanol–water partition coefficient (Wildman–Crippen LogP) is -0.367. The third-order valence-electron chi connectivity index (χ3n) is 3.75. The van der Waals surface area contributed by atoms with Crippen molar-refractivity contribution in [3.8, 4) is 0 Å². The maximum atomic E-state index is 12.4. The Hall–Kier alpha value is -0.620. The Morgan fingerprint density at radius 3 is 2.47 bits per heavy atom. The van der Waals surface area contributed by atoms with Gasteiger partial charge in [0.15, 0.2) is 9.84 Å². The van der Waals surface area contributed by atoms with Crippen LogP contribution >= 0.6 is 0 Å². The summed E-state index contributed by atoms with van der Waals surface area (Å²) in [6.45, 7) is 4.37. The van der Waals surface area contributed by atoms with Crippen molar-refractivity contribution in [2.24, 2.45) is 5.41 Å². The summed E-state index contributed by atoms with van der Waals surface area (Å²) in [7, 11) is -2.91. The molecule has 2 saturated heterocycles. The first kappa shape index (κ1) is 12.8. The lowest BCUT2D eigenvalue weighted by molar-refractivity contribution is -0.141. The molecule has 0 aromatic carbocycles. The molecule has 1 unspecified atom stereocenters. The Morgan fingerprint density at radius 2 is 1.94 bits per heavy atom. The fourth-order valence-corrected chi connectivity index (χ4v) is 3.74. The van der Waals surface area contributed by atoms with Gasteiger partial charge in [-0.2, -0.15) is 0 Å². The van der Waals surface area contributed by atoms with Gasteiger partial charge in [-0.3, -0.25) is 4.79 Å². The molecule has 0 spiro atoms. The Kier molecular flexibility index (Phi) is 3.45. The highest BCUT2D eigenvalue weighted by atomic mass is 32.2. The zero-order valence-corrected chi connectivity index (χ0v) is 11.1. The molecule has 2 aliphatic rings. The van der Waals surface area contributed by atoms with Crippen LogP contribution in [0.2, 0.25) is 0 Å². The van der Waals surface area contributed by atoms with Crippen LogP contribution in [0.4, 0.5) is 0 Å². The molecule has 98 valence electrons. The zero-order valence-electron chi connectivity index (χ0n) is 10.2. The first-order valence-electron chi connectivity index (χ1n) is 6.14. The van der Waals surface area contributed by atoms with Gasteiger partial charge in [0.25, 0.3) is 0 Å². The molecule has 0 radical (unpaired) electrons. The summed E-state index contributed by atoms with van der Waals surface area (Å²) in [4.78, 5) is 14.1. The molecule has 0 bridgehead atoms. The second-order valence-electron chi connectivity index (χ2n) is 5.29. The molecular formula is C11H20N2O3S. The van der Waals surface area contributed by atoms with Crippen LogP contribution in [-0.4, -0.2) is 56.9 Å². The summed E-state index contributed by atoms with van der Waals surface area (Å²) in [5.74, 6) is 0.337. The number of hydrogen-bond donors (Lipinski definition) is 1. The number of hydrogen-bond acceptors (Lipinski definition) is 4. The van der Waals surface area contributed by atoms with Crippen molar-refractivity contribution < 1.29 is 13.2 Å². The van der Waals surface area contributed by atoms with Crippen molar-refractivity contribution in [1.82, 2.24) is 10.2 Å². The van der Waals surface area contributed by atoms with E-state index in [0.29, 0.717) is 19.6 Å². The Balaban J connectivity index is 2.01. The molecular weight excluding hydrogens is 240 g/mol. The molecule has 5 nitrogen and oxygen atoms in total. The Morgan fingerprint density at radius 1 is 1.29 bits per heavy atom. The summed E-state index contributed by atoms with van der Waals surface area (Å²) in [5, 5.41) is 3.25. The molecule has 17 heavy (non-hydrogen) atoms. The van der Waals surface area contributed by atoms with Crippen LogP contribution < -0.4 is 5.32 Å². The van der Waals surface area contributed by atoms with E-state index in [4.69, 9.17) is 0 Å². The number of carbonyl (C=O) groups is 1. The van der Waals surface area contributed by atoms with Gasteiger partial charge >= 0.3 is 0 Å². The molecule has 0 aliphatic carbocycles. The third-order valence-corrected chi connectivity index (χ3v) is 5.35. The maximum Gasteiger partial charge on any atom is 0.229 e. The molecule has 6 heteroatoms. The van der Waals surface area contributed by atoms with Gasteiger partial charge in [0.05, 0.1) is 16.9 Å². The second-order valence-corrected chi connectivity index (χ2v) is 7.59. The summed E-state index contributed by atoms with van der Waals surface area (Å²) in [6, 6.07) is 0. The van der Waals surface area contributed by atoms with E-state index in [9.17, 15) is 13.2 Å². The van der Waals surface area contributed by atoms with Crippen molar-refractivity contribution in [3.05, 3.63) is 0 Å². The van der Waals surface area contributed by atoms with E-state index in [1.807, 2.05) is 6.92 Å². The summed E-state index contributed by atoms with van der Waals surface area (Å²) in [6.07, 6.45) is 1.90. The SMILES string of the molecule is CC1(C(=O)N2CCS(=O)(=O)CC2)CCCNC1. The highest BCUT2D eigenvalue weighted by Gasteiger charge is 2.39. The second kappa shape index (κ2) is 4.57. The van der Waals surface area contributed by atoms with Crippen molar-refractivity contribution in [1.29, 1.82) is 0 Å². The average molecular weight is 260 g/mol. The monoisotopic (exact) mass is 260 g/mol. The maximum absolute atomic E-state index is 12.4. The molecule has 2 heterocycles. The van der Waals surface area contributed by atoms with Gasteiger partial charge in [0.1, 0.15) is 0 Å². The number of sulfone groups is 1. The van der Waals surface area contributed by atoms with Crippen LogP contribution in [0.1, 0.15) is 19.8 Å². The molecule has 2 fully saturated rings. The van der Waals surface area contributed by atoms with Crippen LogP contribution in [0.5, 0.6) is 0 Å². The summed E-state index contributed by atoms with van der Waals surface area (Å²) < 4.78 is 22.6. The largest absolute Gasteiger partial charge is 0.340 e. The topological polar surface area (TPSA) is 66.5 Å². The normalized spacial score (nSPS) is 33.4. The summed E-state index contributed by atoms with van der Waals surface area (Å²) in [5.41, 5.74) is -0.348. The molecule has 1 amide bonds. The van der Waals surface area contributed by atoms with Crippen molar-refractivity contribution >= 4 is 15.7 Å². The lowest BCUT2D eigenvalue weighted by Gasteiger charge is -2.38. The van der Waals surface area contributed by atoms with E-state index in [1.165, 1.54) is 0 Å². The van der Waals surface area contributed by atoms with Crippen LogP contribution in [-0.2, 0) is 14.6 Å². The van der Waals surface area contributed by atoms with E-state index in [2.05, 4.69) is 5.32 Å².